The SMILES string of the molecule is CCCCc1nc(CN(C)CC(=O)N2CCC(O)CC2)no1. The molecule has 1 amide bonds. The van der Waals surface area contributed by atoms with Gasteiger partial charge in [0.2, 0.25) is 11.8 Å². The number of likely N-dealkylation sites (tertiary alicyclic amines) is 1. The summed E-state index contributed by atoms with van der Waals surface area (Å²) in [5, 5.41) is 13.4. The highest BCUT2D eigenvalue weighted by Gasteiger charge is 2.22. The molecule has 1 fully saturated rings. The second-order valence-electron chi connectivity index (χ2n) is 5.99. The molecule has 7 heteroatoms. The van der Waals surface area contributed by atoms with Gasteiger partial charge in [-0.2, -0.15) is 4.98 Å². The van der Waals surface area contributed by atoms with E-state index in [1.165, 1.54) is 0 Å². The summed E-state index contributed by atoms with van der Waals surface area (Å²) >= 11 is 0. The molecule has 0 aliphatic carbocycles. The van der Waals surface area contributed by atoms with E-state index in [0.29, 0.717) is 50.7 Å². The van der Waals surface area contributed by atoms with Gasteiger partial charge in [0, 0.05) is 19.5 Å². The highest BCUT2D eigenvalue weighted by atomic mass is 16.5. The van der Waals surface area contributed by atoms with Gasteiger partial charge in [0.15, 0.2) is 5.82 Å². The number of carbonyl (C=O) groups is 1. The van der Waals surface area contributed by atoms with Gasteiger partial charge in [-0.1, -0.05) is 18.5 Å². The summed E-state index contributed by atoms with van der Waals surface area (Å²) in [5.41, 5.74) is 0. The van der Waals surface area contributed by atoms with E-state index in [9.17, 15) is 9.90 Å². The number of rotatable bonds is 7. The molecule has 0 bridgehead atoms. The van der Waals surface area contributed by atoms with Crippen LogP contribution in [0.15, 0.2) is 4.52 Å². The molecule has 7 nitrogen and oxygen atoms in total. The molecule has 0 saturated carbocycles. The number of carbonyl (C=O) groups excluding carboxylic acids is 1. The summed E-state index contributed by atoms with van der Waals surface area (Å²) in [7, 11) is 1.87. The molecule has 1 aromatic heterocycles. The van der Waals surface area contributed by atoms with Crippen molar-refractivity contribution in [2.24, 2.45) is 0 Å². The van der Waals surface area contributed by atoms with Crippen molar-refractivity contribution in [2.75, 3.05) is 26.7 Å². The Kier molecular flexibility index (Phi) is 6.33. The molecule has 0 atom stereocenters. The minimum atomic E-state index is -0.261. The first-order valence-corrected chi connectivity index (χ1v) is 8.04. The van der Waals surface area contributed by atoms with Crippen LogP contribution in [0, 0.1) is 0 Å². The maximum atomic E-state index is 12.2. The molecule has 22 heavy (non-hydrogen) atoms. The monoisotopic (exact) mass is 310 g/mol. The summed E-state index contributed by atoms with van der Waals surface area (Å²) in [6.45, 7) is 4.22. The highest BCUT2D eigenvalue weighted by molar-refractivity contribution is 5.78. The maximum Gasteiger partial charge on any atom is 0.236 e. The van der Waals surface area contributed by atoms with E-state index in [0.717, 1.165) is 19.3 Å². The van der Waals surface area contributed by atoms with Crippen molar-refractivity contribution in [3.8, 4) is 0 Å². The van der Waals surface area contributed by atoms with E-state index in [1.54, 1.807) is 0 Å². The van der Waals surface area contributed by atoms with Crippen molar-refractivity contribution in [2.45, 2.75) is 51.7 Å². The molecular formula is C15H26N4O3. The third kappa shape index (κ3) is 5.06. The van der Waals surface area contributed by atoms with E-state index in [1.807, 2.05) is 16.8 Å². The molecular weight excluding hydrogens is 284 g/mol. The topological polar surface area (TPSA) is 82.7 Å². The smallest absolute Gasteiger partial charge is 0.236 e. The number of amides is 1. The third-order valence-corrected chi connectivity index (χ3v) is 3.89. The van der Waals surface area contributed by atoms with Crippen LogP contribution in [-0.4, -0.2) is 63.7 Å². The number of likely N-dealkylation sites (N-methyl/N-ethyl adjacent to an activating group) is 1. The highest BCUT2D eigenvalue weighted by Crippen LogP contribution is 2.11. The summed E-state index contributed by atoms with van der Waals surface area (Å²) in [4.78, 5) is 20.2. The van der Waals surface area contributed by atoms with Gasteiger partial charge in [-0.25, -0.2) is 0 Å². The van der Waals surface area contributed by atoms with Crippen molar-refractivity contribution in [1.29, 1.82) is 0 Å². The number of aromatic nitrogens is 2. The lowest BCUT2D eigenvalue weighted by Crippen LogP contribution is -2.44. The van der Waals surface area contributed by atoms with Crippen molar-refractivity contribution >= 4 is 5.91 Å². The van der Waals surface area contributed by atoms with Crippen molar-refractivity contribution in [1.82, 2.24) is 19.9 Å². The Morgan fingerprint density at radius 3 is 2.86 bits per heavy atom. The average molecular weight is 310 g/mol. The number of unbranched alkanes of at least 4 members (excludes halogenated alkanes) is 1. The van der Waals surface area contributed by atoms with Gasteiger partial charge in [0.1, 0.15) is 0 Å². The summed E-state index contributed by atoms with van der Waals surface area (Å²) < 4.78 is 5.19. The predicted molar refractivity (Wildman–Crippen MR) is 81.1 cm³/mol. The Bertz CT molecular complexity index is 469. The Hall–Kier alpha value is -1.47. The van der Waals surface area contributed by atoms with Crippen molar-refractivity contribution < 1.29 is 14.4 Å². The first-order valence-electron chi connectivity index (χ1n) is 8.04. The van der Waals surface area contributed by atoms with Crippen molar-refractivity contribution in [3.05, 3.63) is 11.7 Å². The van der Waals surface area contributed by atoms with Gasteiger partial charge in [0.25, 0.3) is 0 Å². The summed E-state index contributed by atoms with van der Waals surface area (Å²) in [6, 6.07) is 0. The number of hydrogen-bond acceptors (Lipinski definition) is 6. The Labute approximate surface area is 131 Å². The van der Waals surface area contributed by atoms with E-state index in [-0.39, 0.29) is 12.0 Å². The van der Waals surface area contributed by atoms with Gasteiger partial charge < -0.3 is 14.5 Å². The zero-order valence-electron chi connectivity index (χ0n) is 13.5. The Morgan fingerprint density at radius 1 is 1.45 bits per heavy atom. The van der Waals surface area contributed by atoms with E-state index in [2.05, 4.69) is 17.1 Å². The molecule has 1 aliphatic heterocycles. The average Bonchev–Trinajstić information content (AvgIpc) is 2.93. The molecule has 0 spiro atoms. The largest absolute Gasteiger partial charge is 0.393 e. The lowest BCUT2D eigenvalue weighted by Gasteiger charge is -2.30. The zero-order valence-corrected chi connectivity index (χ0v) is 13.5. The number of aliphatic hydroxyl groups excluding tert-OH is 1. The van der Waals surface area contributed by atoms with Crippen LogP contribution in [0.2, 0.25) is 0 Å². The zero-order chi connectivity index (χ0) is 15.9. The fourth-order valence-electron chi connectivity index (χ4n) is 2.53. The number of aryl methyl sites for hydroxylation is 1. The van der Waals surface area contributed by atoms with E-state index >= 15 is 0 Å². The van der Waals surface area contributed by atoms with Crippen LogP contribution in [0.3, 0.4) is 0 Å². The van der Waals surface area contributed by atoms with Crippen LogP contribution in [-0.2, 0) is 17.8 Å². The summed E-state index contributed by atoms with van der Waals surface area (Å²) in [6.07, 6.45) is 4.01. The molecule has 1 N–H and O–H groups in total. The molecule has 1 aromatic rings. The number of piperidine rings is 1. The fourth-order valence-corrected chi connectivity index (χ4v) is 2.53. The van der Waals surface area contributed by atoms with Crippen molar-refractivity contribution in [3.63, 3.8) is 0 Å². The molecule has 2 rings (SSSR count). The molecule has 2 heterocycles. The van der Waals surface area contributed by atoms with Crippen LogP contribution in [0.4, 0.5) is 0 Å². The lowest BCUT2D eigenvalue weighted by atomic mass is 10.1. The molecule has 1 aliphatic rings. The van der Waals surface area contributed by atoms with Crippen LogP contribution < -0.4 is 0 Å². The molecule has 0 unspecified atom stereocenters. The minimum Gasteiger partial charge on any atom is -0.393 e. The van der Waals surface area contributed by atoms with Crippen LogP contribution in [0.1, 0.15) is 44.3 Å². The Balaban J connectivity index is 1.76. The number of hydrogen-bond donors (Lipinski definition) is 1. The third-order valence-electron chi connectivity index (χ3n) is 3.89. The van der Waals surface area contributed by atoms with E-state index in [4.69, 9.17) is 4.52 Å². The second-order valence-corrected chi connectivity index (χ2v) is 5.99. The van der Waals surface area contributed by atoms with E-state index < -0.39 is 0 Å². The normalized spacial score (nSPS) is 16.5. The maximum absolute atomic E-state index is 12.2. The van der Waals surface area contributed by atoms with Gasteiger partial charge in [-0.05, 0) is 26.3 Å². The first-order chi connectivity index (χ1) is 10.6. The van der Waals surface area contributed by atoms with Crippen LogP contribution >= 0.6 is 0 Å². The van der Waals surface area contributed by atoms with Crippen LogP contribution in [0.25, 0.3) is 0 Å². The molecule has 0 radical (unpaired) electrons. The van der Waals surface area contributed by atoms with Gasteiger partial charge in [0.05, 0.1) is 19.2 Å². The Morgan fingerprint density at radius 2 is 2.18 bits per heavy atom. The molecule has 124 valence electrons. The quantitative estimate of drug-likeness (QED) is 0.803. The fraction of sp³-hybridized carbons (Fsp3) is 0.800. The second kappa shape index (κ2) is 8.24. The summed E-state index contributed by atoms with van der Waals surface area (Å²) in [5.74, 6) is 1.38. The predicted octanol–water partition coefficient (Wildman–Crippen LogP) is 0.827. The lowest BCUT2D eigenvalue weighted by molar-refractivity contribution is -0.134. The molecule has 0 aromatic carbocycles. The number of aliphatic hydroxyl groups is 1. The van der Waals surface area contributed by atoms with Gasteiger partial charge in [-0.15, -0.1) is 0 Å². The van der Waals surface area contributed by atoms with Gasteiger partial charge >= 0.3 is 0 Å². The number of nitrogens with zero attached hydrogens (tertiary/aromatic N) is 4. The minimum absolute atomic E-state index is 0.0871. The van der Waals surface area contributed by atoms with Gasteiger partial charge in [-0.3, -0.25) is 9.69 Å². The van der Waals surface area contributed by atoms with Crippen LogP contribution in [0.5, 0.6) is 0 Å². The molecule has 1 saturated heterocycles. The first kappa shape index (κ1) is 16.9. The standard InChI is InChI=1S/C15H26N4O3/c1-3-4-5-14-16-13(17-22-14)10-18(2)11-15(21)19-8-6-12(20)7-9-19/h12,20H,3-11H2,1-2H3.